The average Bonchev–Trinajstić information content (AvgIpc) is 2.74. The number of hydrogen-bond donors (Lipinski definition) is 1. The maximum Gasteiger partial charge on any atom is 1.00 e. The van der Waals surface area contributed by atoms with Crippen LogP contribution in [-0.4, -0.2) is 16.9 Å². The zero-order valence-corrected chi connectivity index (χ0v) is 22.3. The van der Waals surface area contributed by atoms with Crippen LogP contribution in [0, 0.1) is 0 Å². The van der Waals surface area contributed by atoms with Crippen molar-refractivity contribution in [2.75, 3.05) is 0 Å². The molecular weight excluding hydrogens is 411 g/mol. The summed E-state index contributed by atoms with van der Waals surface area (Å²) in [6, 6.07) is 12.7. The summed E-state index contributed by atoms with van der Waals surface area (Å²) in [7, 11) is 0. The van der Waals surface area contributed by atoms with Crippen molar-refractivity contribution >= 4 is 11.8 Å². The quantitative estimate of drug-likeness (QED) is 0.400. The number of ketones is 1. The fourth-order valence-corrected chi connectivity index (χ4v) is 3.43. The van der Waals surface area contributed by atoms with E-state index in [9.17, 15) is 19.8 Å². The SMILES string of the molecule is CCCCCCc1cccc(C(=O)[O-])c1.CCCCCc1cccc(CC(C)=O)c1O.[Na+]. The molecule has 0 unspecified atom stereocenters. The summed E-state index contributed by atoms with van der Waals surface area (Å²) in [5.74, 6) is -0.694. The molecule has 0 amide bonds. The third-order valence-electron chi connectivity index (χ3n) is 5.17. The van der Waals surface area contributed by atoms with Gasteiger partial charge in [-0.15, -0.1) is 0 Å². The van der Waals surface area contributed by atoms with Crippen LogP contribution in [0.25, 0.3) is 0 Å². The van der Waals surface area contributed by atoms with Crippen LogP contribution in [0.3, 0.4) is 0 Å². The second-order valence-corrected chi connectivity index (χ2v) is 8.06. The summed E-state index contributed by atoms with van der Waals surface area (Å²) < 4.78 is 0. The van der Waals surface area contributed by atoms with E-state index in [-0.39, 0.29) is 40.9 Å². The maximum absolute atomic E-state index is 11.0. The van der Waals surface area contributed by atoms with Gasteiger partial charge in [-0.05, 0) is 55.4 Å². The van der Waals surface area contributed by atoms with Gasteiger partial charge in [0.25, 0.3) is 0 Å². The first-order valence-electron chi connectivity index (χ1n) is 11.5. The van der Waals surface area contributed by atoms with Gasteiger partial charge in [-0.3, -0.25) is 4.79 Å². The Labute approximate surface area is 215 Å². The minimum Gasteiger partial charge on any atom is -0.545 e. The molecule has 0 aliphatic carbocycles. The Morgan fingerprint density at radius 2 is 1.44 bits per heavy atom. The number of phenols is 1. The topological polar surface area (TPSA) is 77.4 Å². The summed E-state index contributed by atoms with van der Waals surface area (Å²) in [4.78, 5) is 21.6. The molecule has 0 atom stereocenters. The second-order valence-electron chi connectivity index (χ2n) is 8.06. The number of para-hydroxylation sites is 1. The molecule has 2 aromatic carbocycles. The van der Waals surface area contributed by atoms with Crippen molar-refractivity contribution in [1.29, 1.82) is 0 Å². The van der Waals surface area contributed by atoms with Crippen molar-refractivity contribution < 1.29 is 49.4 Å². The normalized spacial score (nSPS) is 9.97. The molecule has 0 aliphatic rings. The molecule has 0 radical (unpaired) electrons. The van der Waals surface area contributed by atoms with Gasteiger partial charge in [0.1, 0.15) is 11.5 Å². The summed E-state index contributed by atoms with van der Waals surface area (Å²) in [6.07, 6.45) is 10.4. The number of carboxylic acid groups (broad SMARTS) is 1. The molecule has 32 heavy (non-hydrogen) atoms. The van der Waals surface area contributed by atoms with Gasteiger partial charge in [-0.25, -0.2) is 0 Å². The minimum atomic E-state index is -1.09. The summed E-state index contributed by atoms with van der Waals surface area (Å²) in [6.45, 7) is 5.88. The first-order valence-corrected chi connectivity index (χ1v) is 11.5. The molecule has 5 heteroatoms. The van der Waals surface area contributed by atoms with E-state index >= 15 is 0 Å². The minimum absolute atomic E-state index is 0. The predicted molar refractivity (Wildman–Crippen MR) is 124 cm³/mol. The monoisotopic (exact) mass is 448 g/mol. The van der Waals surface area contributed by atoms with Crippen LogP contribution >= 0.6 is 0 Å². The van der Waals surface area contributed by atoms with E-state index in [1.54, 1.807) is 25.1 Å². The van der Waals surface area contributed by atoms with Gasteiger partial charge in [-0.1, -0.05) is 82.3 Å². The van der Waals surface area contributed by atoms with Crippen molar-refractivity contribution in [3.05, 3.63) is 64.7 Å². The Hall–Kier alpha value is -1.62. The Kier molecular flexibility index (Phi) is 17.0. The van der Waals surface area contributed by atoms with Gasteiger partial charge in [0, 0.05) is 12.0 Å². The smallest absolute Gasteiger partial charge is 0.545 e. The first kappa shape index (κ1) is 30.4. The van der Waals surface area contributed by atoms with Crippen LogP contribution in [0.1, 0.15) is 92.8 Å². The van der Waals surface area contributed by atoms with E-state index in [1.165, 1.54) is 32.1 Å². The van der Waals surface area contributed by atoms with Crippen LogP contribution in [0.5, 0.6) is 5.75 Å². The molecule has 0 heterocycles. The van der Waals surface area contributed by atoms with Gasteiger partial charge in [0.15, 0.2) is 0 Å². The molecule has 0 spiro atoms. The summed E-state index contributed by atoms with van der Waals surface area (Å²) >= 11 is 0. The average molecular weight is 449 g/mol. The van der Waals surface area contributed by atoms with Crippen molar-refractivity contribution in [2.45, 2.75) is 85.0 Å². The predicted octanol–water partition coefficient (Wildman–Crippen LogP) is 2.43. The third kappa shape index (κ3) is 12.4. The van der Waals surface area contributed by atoms with E-state index in [4.69, 9.17) is 0 Å². The van der Waals surface area contributed by atoms with Gasteiger partial charge < -0.3 is 15.0 Å². The molecule has 0 saturated heterocycles. The number of aryl methyl sites for hydroxylation is 2. The van der Waals surface area contributed by atoms with E-state index in [0.29, 0.717) is 12.2 Å². The molecule has 170 valence electrons. The van der Waals surface area contributed by atoms with E-state index in [2.05, 4.69) is 13.8 Å². The van der Waals surface area contributed by atoms with Crippen molar-refractivity contribution in [3.63, 3.8) is 0 Å². The van der Waals surface area contributed by atoms with Crippen molar-refractivity contribution in [3.8, 4) is 5.75 Å². The van der Waals surface area contributed by atoms with Gasteiger partial charge >= 0.3 is 29.6 Å². The third-order valence-corrected chi connectivity index (χ3v) is 5.17. The number of phenolic OH excluding ortho intramolecular Hbond substituents is 1. The number of Topliss-reactive ketones (excluding diaryl/α,β-unsaturated/α-hetero) is 1. The number of aromatic hydroxyl groups is 1. The zero-order valence-electron chi connectivity index (χ0n) is 20.3. The second kappa shape index (κ2) is 17.9. The van der Waals surface area contributed by atoms with E-state index in [1.807, 2.05) is 24.3 Å². The number of carbonyl (C=O) groups is 2. The number of carboxylic acids is 1. The fraction of sp³-hybridized carbons (Fsp3) is 0.481. The molecular formula is C27H37NaO4. The van der Waals surface area contributed by atoms with Crippen LogP contribution in [0.15, 0.2) is 42.5 Å². The molecule has 0 aromatic heterocycles. The van der Waals surface area contributed by atoms with Gasteiger partial charge in [-0.2, -0.15) is 0 Å². The molecule has 2 rings (SSSR count). The number of hydrogen-bond acceptors (Lipinski definition) is 4. The summed E-state index contributed by atoms with van der Waals surface area (Å²) in [5.41, 5.74) is 3.09. The standard InChI is InChI=1S/C14H20O2.C13H18O2.Na/c1-3-4-5-7-12-8-6-9-13(14(12)16)10-11(2)15;1-2-3-4-5-7-11-8-6-9-12(10-11)13(14)15;/h6,8-9,16H,3-5,7,10H2,1-2H3;6,8-10H,2-5,7H2,1H3,(H,14,15);/q;;+1/p-1. The van der Waals surface area contributed by atoms with Crippen LogP contribution in [0.4, 0.5) is 0 Å². The number of benzene rings is 2. The van der Waals surface area contributed by atoms with E-state index in [0.717, 1.165) is 42.4 Å². The molecule has 2 aromatic rings. The zero-order chi connectivity index (χ0) is 23.1. The number of unbranched alkanes of at least 4 members (excludes halogenated alkanes) is 5. The molecule has 0 bridgehead atoms. The molecule has 0 fully saturated rings. The number of aromatic carboxylic acids is 1. The molecule has 0 saturated carbocycles. The van der Waals surface area contributed by atoms with E-state index < -0.39 is 5.97 Å². The van der Waals surface area contributed by atoms with Crippen LogP contribution in [0.2, 0.25) is 0 Å². The van der Waals surface area contributed by atoms with Crippen LogP contribution in [-0.2, 0) is 24.1 Å². The Morgan fingerprint density at radius 1 is 0.844 bits per heavy atom. The van der Waals surface area contributed by atoms with Gasteiger partial charge in [0.2, 0.25) is 0 Å². The Morgan fingerprint density at radius 3 is 2.06 bits per heavy atom. The maximum atomic E-state index is 11.0. The molecule has 4 nitrogen and oxygen atoms in total. The Balaban J connectivity index is 0.000000584. The molecule has 0 aliphatic heterocycles. The number of rotatable bonds is 12. The van der Waals surface area contributed by atoms with Crippen molar-refractivity contribution in [2.24, 2.45) is 0 Å². The van der Waals surface area contributed by atoms with Crippen molar-refractivity contribution in [1.82, 2.24) is 0 Å². The Bertz CT molecular complexity index is 817. The summed E-state index contributed by atoms with van der Waals surface area (Å²) in [5, 5.41) is 20.6. The fourth-order valence-electron chi connectivity index (χ4n) is 3.43. The van der Waals surface area contributed by atoms with Gasteiger partial charge in [0.05, 0.1) is 5.97 Å². The van der Waals surface area contributed by atoms with Crippen LogP contribution < -0.4 is 34.7 Å². The first-order chi connectivity index (χ1) is 14.9. The molecule has 1 N–H and O–H groups in total. The number of carbonyl (C=O) groups excluding carboxylic acids is 2. The largest absolute Gasteiger partial charge is 1.00 e.